The summed E-state index contributed by atoms with van der Waals surface area (Å²) in [4.78, 5) is 0. The first-order chi connectivity index (χ1) is 1.00. The molecule has 4 heavy (non-hydrogen) atoms. The first-order valence-corrected chi connectivity index (χ1v) is 1.50. The number of rotatable bonds is 0. The predicted molar refractivity (Wildman–Crippen MR) is 18.6 cm³/mol. The average Bonchev–Trinajstić information content (AvgIpc) is 1.00. The van der Waals surface area contributed by atoms with E-state index < -0.39 is 0 Å². The Kier molecular flexibility index (Phi) is 81.4. The van der Waals surface area contributed by atoms with Crippen LogP contribution in [0.3, 0.4) is 0 Å². The molecule has 0 rings (SSSR count). The second-order valence-electron chi connectivity index (χ2n) is 0. The van der Waals surface area contributed by atoms with Crippen LogP contribution in [0.2, 0.25) is 0 Å². The van der Waals surface area contributed by atoms with Crippen molar-refractivity contribution < 1.29 is 24.7 Å². The number of hydrogen-bond acceptors (Lipinski definition) is 1. The van der Waals surface area contributed by atoms with Crippen molar-refractivity contribution in [1.29, 1.82) is 0 Å². The van der Waals surface area contributed by atoms with E-state index in [1.807, 2.05) is 0 Å². The van der Waals surface area contributed by atoms with Crippen molar-refractivity contribution in [3.63, 3.8) is 0 Å². The van der Waals surface area contributed by atoms with Crippen LogP contribution in [-0.2, 0) is 21.8 Å². The topological polar surface area (TPSA) is 17.1 Å². The van der Waals surface area contributed by atoms with Gasteiger partial charge in [0, 0.05) is 0 Å². The van der Waals surface area contributed by atoms with Crippen molar-refractivity contribution in [1.82, 2.24) is 0 Å². The molecule has 0 bridgehead atoms. The summed E-state index contributed by atoms with van der Waals surface area (Å²) < 4.78 is 8.38. The van der Waals surface area contributed by atoms with Crippen LogP contribution >= 0.6 is 0 Å². The monoisotopic (exact) mass is 224 g/mol. The molecule has 0 aromatic rings. The quantitative estimate of drug-likeness (QED) is 0.461. The van der Waals surface area contributed by atoms with Gasteiger partial charge in [0.05, 0.1) is 0 Å². The van der Waals surface area contributed by atoms with E-state index >= 15 is 0 Å². The Morgan fingerprint density at radius 3 is 1.50 bits per heavy atom. The molecule has 0 radical (unpaired) electrons. The van der Waals surface area contributed by atoms with E-state index in [-0.39, 0.29) is 70.0 Å². The summed E-state index contributed by atoms with van der Waals surface area (Å²) in [5.41, 5.74) is 0. The normalized spacial score (nSPS) is 1.50. The van der Waals surface area contributed by atoms with Gasteiger partial charge in [-0.05, 0) is 0 Å². The first-order valence-electron chi connectivity index (χ1n) is 0.289. The summed E-state index contributed by atoms with van der Waals surface area (Å²) in [6.07, 6.45) is 0. The SMILES string of the molecule is [H-].[H-].[InH3].[Mg+2].[O]=[Zn]. The molecule has 0 aromatic heterocycles. The molecular weight excluding hydrogens is 221 g/mol. The molecule has 0 aliphatic heterocycles. The van der Waals surface area contributed by atoms with Crippen molar-refractivity contribution >= 4 is 48.9 Å². The van der Waals surface area contributed by atoms with Crippen LogP contribution in [0, 0.1) is 0 Å². The summed E-state index contributed by atoms with van der Waals surface area (Å²) in [5.74, 6) is 0. The van der Waals surface area contributed by atoms with Crippen molar-refractivity contribution in [3.8, 4) is 0 Å². The van der Waals surface area contributed by atoms with Crippen molar-refractivity contribution in [2.24, 2.45) is 0 Å². The van der Waals surface area contributed by atoms with Gasteiger partial charge in [0.25, 0.3) is 0 Å². The summed E-state index contributed by atoms with van der Waals surface area (Å²) in [6.45, 7) is 0. The molecule has 0 aromatic carbocycles. The fourth-order valence-corrected chi connectivity index (χ4v) is 0. The van der Waals surface area contributed by atoms with E-state index in [2.05, 4.69) is 0 Å². The van der Waals surface area contributed by atoms with Crippen LogP contribution < -0.4 is 0 Å². The molecule has 0 fully saturated rings. The van der Waals surface area contributed by atoms with E-state index in [9.17, 15) is 0 Å². The van der Waals surface area contributed by atoms with Gasteiger partial charge >= 0.3 is 70.7 Å². The Balaban J connectivity index is -0.000000000833. The van der Waals surface area contributed by atoms with Crippen LogP contribution in [-0.4, -0.2) is 48.9 Å². The zero-order valence-electron chi connectivity index (χ0n) is 3.82. The van der Waals surface area contributed by atoms with Gasteiger partial charge in [-0.2, -0.15) is 0 Å². The summed E-state index contributed by atoms with van der Waals surface area (Å²) in [7, 11) is 0. The van der Waals surface area contributed by atoms with Crippen LogP contribution in [0.15, 0.2) is 0 Å². The summed E-state index contributed by atoms with van der Waals surface area (Å²) >= 11 is 0.125. The Bertz CT molecular complexity index is 13.5. The van der Waals surface area contributed by atoms with Crippen LogP contribution in [0.5, 0.6) is 0 Å². The standard InChI is InChI=1S/In.Mg.O.Zn.5H/q;+2;;;;;;2*-1. The summed E-state index contributed by atoms with van der Waals surface area (Å²) in [5, 5.41) is 0. The van der Waals surface area contributed by atoms with Crippen LogP contribution in [0.4, 0.5) is 0 Å². The van der Waals surface area contributed by atoms with Crippen molar-refractivity contribution in [2.45, 2.75) is 0 Å². The van der Waals surface area contributed by atoms with Crippen molar-refractivity contribution in [2.75, 3.05) is 0 Å². The van der Waals surface area contributed by atoms with E-state index in [1.54, 1.807) is 0 Å². The van der Waals surface area contributed by atoms with E-state index in [4.69, 9.17) is 3.57 Å². The van der Waals surface area contributed by atoms with E-state index in [0.717, 1.165) is 0 Å². The average molecular weight is 226 g/mol. The van der Waals surface area contributed by atoms with Crippen molar-refractivity contribution in [3.05, 3.63) is 0 Å². The molecule has 0 heterocycles. The first kappa shape index (κ1) is 16.6. The van der Waals surface area contributed by atoms with Gasteiger partial charge in [-0.3, -0.25) is 0 Å². The molecule has 0 aliphatic rings. The number of hydrogen-bond donors (Lipinski definition) is 0. The van der Waals surface area contributed by atoms with Gasteiger partial charge < -0.3 is 2.85 Å². The van der Waals surface area contributed by atoms with Gasteiger partial charge in [0.2, 0.25) is 0 Å². The molecule has 0 N–H and O–H groups in total. The third-order valence-corrected chi connectivity index (χ3v) is 0. The van der Waals surface area contributed by atoms with Crippen LogP contribution in [0.25, 0.3) is 0 Å². The van der Waals surface area contributed by atoms with E-state index in [1.165, 1.54) is 0 Å². The Morgan fingerprint density at radius 2 is 1.50 bits per heavy atom. The minimum atomic E-state index is 0. The maximum atomic E-state index is 8.38. The van der Waals surface area contributed by atoms with Gasteiger partial charge in [0.1, 0.15) is 0 Å². The third kappa shape index (κ3) is 8.96. The molecule has 0 aliphatic carbocycles. The molecule has 18 valence electrons. The molecule has 0 saturated heterocycles. The van der Waals surface area contributed by atoms with Gasteiger partial charge in [-0.1, -0.05) is 0 Å². The summed E-state index contributed by atoms with van der Waals surface area (Å²) in [6, 6.07) is 0. The maximum absolute atomic E-state index is 8.38. The molecule has 0 atom stereocenters. The second kappa shape index (κ2) is 19.7. The van der Waals surface area contributed by atoms with Crippen LogP contribution in [0.1, 0.15) is 2.85 Å². The molecule has 4 heteroatoms. The van der Waals surface area contributed by atoms with Gasteiger partial charge in [0.15, 0.2) is 0 Å². The Hall–Kier alpha value is 2.06. The third-order valence-electron chi connectivity index (χ3n) is 0. The van der Waals surface area contributed by atoms with Gasteiger partial charge in [-0.25, -0.2) is 0 Å². The molecular formula is H5InMgOZn. The second-order valence-corrected chi connectivity index (χ2v) is 0. The molecule has 0 spiro atoms. The van der Waals surface area contributed by atoms with Gasteiger partial charge in [-0.15, -0.1) is 0 Å². The zero-order chi connectivity index (χ0) is 2.00. The van der Waals surface area contributed by atoms with E-state index in [0.29, 0.717) is 0 Å². The fourth-order valence-electron chi connectivity index (χ4n) is 0. The zero-order valence-corrected chi connectivity index (χ0v) is 6.20. The molecule has 0 unspecified atom stereocenters. The molecule has 0 saturated carbocycles. The minimum absolute atomic E-state index is 0. The Morgan fingerprint density at radius 1 is 1.50 bits per heavy atom. The fraction of sp³-hybridized carbons (Fsp3) is 0. The molecule has 0 amide bonds. The molecule has 1 nitrogen and oxygen atoms in total. The Labute approximate surface area is 72.8 Å². The predicted octanol–water partition coefficient (Wildman–Crippen LogP) is -1.46.